The van der Waals surface area contributed by atoms with Crippen LogP contribution in [0.4, 0.5) is 10.2 Å². The summed E-state index contributed by atoms with van der Waals surface area (Å²) in [6.07, 6.45) is -1.52. The van der Waals surface area contributed by atoms with Crippen LogP contribution in [0.1, 0.15) is 30.7 Å². The highest BCUT2D eigenvalue weighted by Gasteiger charge is 2.39. The second-order valence-corrected chi connectivity index (χ2v) is 8.74. The van der Waals surface area contributed by atoms with Gasteiger partial charge in [-0.05, 0) is 43.5 Å². The zero-order valence-electron chi connectivity index (χ0n) is 17.5. The molecule has 4 rings (SSSR count). The van der Waals surface area contributed by atoms with Crippen LogP contribution in [0.3, 0.4) is 0 Å². The molecule has 1 aromatic carbocycles. The molecule has 1 saturated heterocycles. The van der Waals surface area contributed by atoms with Gasteiger partial charge in [0.1, 0.15) is 23.7 Å². The number of hydrogen-bond acceptors (Lipinski definition) is 6. The van der Waals surface area contributed by atoms with E-state index in [-0.39, 0.29) is 6.61 Å². The minimum Gasteiger partial charge on any atom is -0.388 e. The van der Waals surface area contributed by atoms with Crippen LogP contribution in [0, 0.1) is 0 Å². The average molecular weight is 416 g/mol. The van der Waals surface area contributed by atoms with Crippen LogP contribution in [-0.4, -0.2) is 64.1 Å². The molecule has 3 N–H and O–H groups in total. The van der Waals surface area contributed by atoms with Gasteiger partial charge in [-0.15, -0.1) is 0 Å². The van der Waals surface area contributed by atoms with E-state index in [2.05, 4.69) is 33.4 Å². The van der Waals surface area contributed by atoms with Crippen LogP contribution in [0.2, 0.25) is 0 Å². The number of anilines is 1. The lowest BCUT2D eigenvalue weighted by Crippen LogP contribution is -2.58. The van der Waals surface area contributed by atoms with E-state index in [0.717, 1.165) is 19.5 Å². The summed E-state index contributed by atoms with van der Waals surface area (Å²) in [6.45, 7) is 5.41. The summed E-state index contributed by atoms with van der Waals surface area (Å²) in [5.74, 6) is 0.448. The highest BCUT2D eigenvalue weighted by atomic mass is 19.1. The van der Waals surface area contributed by atoms with Crippen molar-refractivity contribution in [2.45, 2.75) is 56.8 Å². The molecular weight excluding hydrogens is 385 g/mol. The van der Waals surface area contributed by atoms with Crippen molar-refractivity contribution in [2.75, 3.05) is 25.0 Å². The van der Waals surface area contributed by atoms with Gasteiger partial charge in [0.05, 0.1) is 24.4 Å². The van der Waals surface area contributed by atoms with Crippen molar-refractivity contribution in [3.05, 3.63) is 59.3 Å². The number of aliphatic hydroxyl groups is 2. The van der Waals surface area contributed by atoms with E-state index in [9.17, 15) is 14.6 Å². The number of aromatic nitrogens is 1. The summed E-state index contributed by atoms with van der Waals surface area (Å²) in [4.78, 5) is 6.54. The first-order chi connectivity index (χ1) is 14.3. The lowest BCUT2D eigenvalue weighted by atomic mass is 9.95. The molecule has 0 unspecified atom stereocenters. The highest BCUT2D eigenvalue weighted by molar-refractivity contribution is 5.38. The van der Waals surface area contributed by atoms with Gasteiger partial charge in [-0.3, -0.25) is 4.90 Å². The van der Waals surface area contributed by atoms with Crippen LogP contribution >= 0.6 is 0 Å². The third kappa shape index (κ3) is 4.64. The molecule has 1 fully saturated rings. The van der Waals surface area contributed by atoms with Gasteiger partial charge in [-0.25, -0.2) is 9.37 Å². The lowest BCUT2D eigenvalue weighted by molar-refractivity contribution is -0.147. The standard InChI is InChI=1S/C23H30FN3O3/c1-23(2,24)19-8-5-9-20(26-19)25-17-14-30-18(22(29)21(17)28)13-27-11-10-15-6-3-4-7-16(15)12-27/h3-9,17-18,21-22,28-29H,10-14H2,1-2H3,(H,25,26)/t17-,18+,21+,22-/m0/s1. The van der Waals surface area contributed by atoms with Crippen molar-refractivity contribution in [3.8, 4) is 0 Å². The summed E-state index contributed by atoms with van der Waals surface area (Å²) >= 11 is 0. The van der Waals surface area contributed by atoms with Crippen molar-refractivity contribution in [1.29, 1.82) is 0 Å². The van der Waals surface area contributed by atoms with Crippen molar-refractivity contribution in [2.24, 2.45) is 0 Å². The van der Waals surface area contributed by atoms with Crippen LogP contribution in [0.15, 0.2) is 42.5 Å². The smallest absolute Gasteiger partial charge is 0.147 e. The van der Waals surface area contributed by atoms with E-state index in [4.69, 9.17) is 4.74 Å². The molecule has 0 amide bonds. The molecule has 4 atom stereocenters. The molecule has 0 aliphatic carbocycles. The van der Waals surface area contributed by atoms with Crippen LogP contribution in [0.25, 0.3) is 0 Å². The number of ether oxygens (including phenoxy) is 1. The second kappa shape index (κ2) is 8.59. The first-order valence-corrected chi connectivity index (χ1v) is 10.5. The Balaban J connectivity index is 1.36. The highest BCUT2D eigenvalue weighted by Crippen LogP contribution is 2.26. The Hall–Kier alpha value is -2.06. The molecule has 7 heteroatoms. The third-order valence-electron chi connectivity index (χ3n) is 5.97. The molecule has 0 radical (unpaired) electrons. The maximum atomic E-state index is 14.2. The summed E-state index contributed by atoms with van der Waals surface area (Å²) in [5.41, 5.74) is 1.42. The fraction of sp³-hybridized carbons (Fsp3) is 0.522. The zero-order valence-corrected chi connectivity index (χ0v) is 17.5. The SMILES string of the molecule is CC(C)(F)c1cccc(N[C@H]2CO[C@H](CN3CCc4ccccc4C3)[C@H](O)[C@@H]2O)n1. The number of pyridine rings is 1. The topological polar surface area (TPSA) is 77.9 Å². The van der Waals surface area contributed by atoms with E-state index in [0.29, 0.717) is 18.1 Å². The molecule has 2 aromatic rings. The molecule has 0 spiro atoms. The lowest BCUT2D eigenvalue weighted by Gasteiger charge is -2.41. The fourth-order valence-electron chi connectivity index (χ4n) is 4.17. The van der Waals surface area contributed by atoms with Gasteiger partial charge in [0, 0.05) is 19.6 Å². The molecule has 162 valence electrons. The Bertz CT molecular complexity index is 873. The van der Waals surface area contributed by atoms with Gasteiger partial charge in [-0.1, -0.05) is 30.3 Å². The Morgan fingerprint density at radius 3 is 2.67 bits per heavy atom. The number of fused-ring (bicyclic) bond motifs is 1. The zero-order chi connectivity index (χ0) is 21.3. The maximum absolute atomic E-state index is 14.2. The predicted molar refractivity (Wildman–Crippen MR) is 113 cm³/mol. The normalized spacial score (nSPS) is 27.5. The number of aliphatic hydroxyl groups excluding tert-OH is 2. The van der Waals surface area contributed by atoms with E-state index < -0.39 is 30.0 Å². The van der Waals surface area contributed by atoms with Crippen molar-refractivity contribution >= 4 is 5.82 Å². The molecule has 2 aliphatic heterocycles. The number of nitrogens with zero attached hydrogens (tertiary/aromatic N) is 2. The van der Waals surface area contributed by atoms with Gasteiger partial charge < -0.3 is 20.3 Å². The first-order valence-electron chi connectivity index (χ1n) is 10.5. The molecule has 3 heterocycles. The number of nitrogens with one attached hydrogen (secondary N) is 1. The van der Waals surface area contributed by atoms with Gasteiger partial charge in [-0.2, -0.15) is 0 Å². The van der Waals surface area contributed by atoms with Crippen molar-refractivity contribution in [1.82, 2.24) is 9.88 Å². The van der Waals surface area contributed by atoms with Gasteiger partial charge in [0.15, 0.2) is 0 Å². The van der Waals surface area contributed by atoms with Crippen LogP contribution in [0.5, 0.6) is 0 Å². The minimum absolute atomic E-state index is 0.234. The molecule has 0 bridgehead atoms. The van der Waals surface area contributed by atoms with Crippen molar-refractivity contribution < 1.29 is 19.3 Å². The molecule has 1 aromatic heterocycles. The largest absolute Gasteiger partial charge is 0.388 e. The third-order valence-corrected chi connectivity index (χ3v) is 5.97. The van der Waals surface area contributed by atoms with E-state index in [1.54, 1.807) is 18.2 Å². The quantitative estimate of drug-likeness (QED) is 0.695. The number of halogens is 1. The first kappa shape index (κ1) is 21.2. The number of benzene rings is 1. The molecule has 6 nitrogen and oxygen atoms in total. The van der Waals surface area contributed by atoms with Gasteiger partial charge >= 0.3 is 0 Å². The van der Waals surface area contributed by atoms with E-state index in [1.807, 2.05) is 6.07 Å². The van der Waals surface area contributed by atoms with Crippen LogP contribution in [-0.2, 0) is 23.4 Å². The Labute approximate surface area is 176 Å². The Morgan fingerprint density at radius 2 is 1.90 bits per heavy atom. The van der Waals surface area contributed by atoms with Gasteiger partial charge in [0.2, 0.25) is 0 Å². The maximum Gasteiger partial charge on any atom is 0.147 e. The average Bonchev–Trinajstić information content (AvgIpc) is 2.73. The van der Waals surface area contributed by atoms with Crippen LogP contribution < -0.4 is 5.32 Å². The summed E-state index contributed by atoms with van der Waals surface area (Å²) in [7, 11) is 0. The molecular formula is C23H30FN3O3. The summed E-state index contributed by atoms with van der Waals surface area (Å²) in [5, 5.41) is 24.4. The van der Waals surface area contributed by atoms with E-state index in [1.165, 1.54) is 25.0 Å². The molecule has 30 heavy (non-hydrogen) atoms. The number of rotatable bonds is 5. The molecule has 2 aliphatic rings. The number of alkyl halides is 1. The Morgan fingerprint density at radius 1 is 1.13 bits per heavy atom. The van der Waals surface area contributed by atoms with Gasteiger partial charge in [0.25, 0.3) is 0 Å². The van der Waals surface area contributed by atoms with E-state index >= 15 is 0 Å². The minimum atomic E-state index is -1.56. The fourth-order valence-corrected chi connectivity index (χ4v) is 4.17. The predicted octanol–water partition coefficient (Wildman–Crippen LogP) is 2.25. The van der Waals surface area contributed by atoms with Crippen molar-refractivity contribution in [3.63, 3.8) is 0 Å². The monoisotopic (exact) mass is 415 g/mol. The Kier molecular flexibility index (Phi) is 6.06. The second-order valence-electron chi connectivity index (χ2n) is 8.74. The summed E-state index contributed by atoms with van der Waals surface area (Å²) in [6, 6.07) is 12.9. The number of hydrogen-bond donors (Lipinski definition) is 3. The molecule has 0 saturated carbocycles. The summed E-state index contributed by atoms with van der Waals surface area (Å²) < 4.78 is 20.1.